The first-order valence-corrected chi connectivity index (χ1v) is 6.77. The van der Waals surface area contributed by atoms with Crippen LogP contribution in [0.25, 0.3) is 0 Å². The maximum Gasteiger partial charge on any atom is 0.130 e. The van der Waals surface area contributed by atoms with Crippen molar-refractivity contribution >= 4 is 0 Å². The van der Waals surface area contributed by atoms with Gasteiger partial charge in [-0.15, -0.1) is 0 Å². The van der Waals surface area contributed by atoms with Crippen LogP contribution in [0.2, 0.25) is 0 Å². The molecule has 2 heteroatoms. The lowest BCUT2D eigenvalue weighted by atomic mass is 10.0. The van der Waals surface area contributed by atoms with Crippen molar-refractivity contribution in [1.29, 1.82) is 0 Å². The highest BCUT2D eigenvalue weighted by Gasteiger charge is 2.23. The van der Waals surface area contributed by atoms with Gasteiger partial charge in [0.15, 0.2) is 0 Å². The van der Waals surface area contributed by atoms with Gasteiger partial charge in [0.05, 0.1) is 7.05 Å². The second-order valence-electron chi connectivity index (χ2n) is 5.15. The molecule has 2 aromatic rings. The average Bonchev–Trinajstić information content (AvgIpc) is 2.47. The third-order valence-electron chi connectivity index (χ3n) is 3.72. The van der Waals surface area contributed by atoms with Crippen LogP contribution in [-0.2, 0) is 6.54 Å². The molecule has 0 saturated carbocycles. The fourth-order valence-electron chi connectivity index (χ4n) is 2.29. The first-order valence-electron chi connectivity index (χ1n) is 6.77. The summed E-state index contributed by atoms with van der Waals surface area (Å²) >= 11 is 0. The molecule has 2 aromatic carbocycles. The fraction of sp³-hybridized carbons (Fsp3) is 0.294. The van der Waals surface area contributed by atoms with E-state index in [1.54, 1.807) is 0 Å². The Labute approximate surface area is 115 Å². The van der Waals surface area contributed by atoms with Crippen LogP contribution >= 0.6 is 0 Å². The topological polar surface area (TPSA) is 24.7 Å². The van der Waals surface area contributed by atoms with Gasteiger partial charge in [-0.05, 0) is 12.5 Å². The summed E-state index contributed by atoms with van der Waals surface area (Å²) in [6.45, 7) is 3.02. The first kappa shape index (κ1) is 13.8. The average molecular weight is 256 g/mol. The minimum absolute atomic E-state index is 0.155. The molecule has 19 heavy (non-hydrogen) atoms. The smallest absolute Gasteiger partial charge is 0.130 e. The van der Waals surface area contributed by atoms with Crippen LogP contribution in [-0.4, -0.2) is 18.2 Å². The third-order valence-corrected chi connectivity index (χ3v) is 3.72. The Morgan fingerprint density at radius 1 is 0.947 bits per heavy atom. The number of nitrogens with one attached hydrogen (secondary N) is 1. The molecule has 1 unspecified atom stereocenters. The Balaban J connectivity index is 2.01. The second-order valence-corrected chi connectivity index (χ2v) is 5.15. The lowest BCUT2D eigenvalue weighted by Gasteiger charge is -2.26. The summed E-state index contributed by atoms with van der Waals surface area (Å²) in [7, 11) is 2.13. The first-order chi connectivity index (χ1) is 9.18. The molecule has 0 spiro atoms. The SMILES string of the molecule is C[C@@H]([C@H](O)c1ccccc1)[NH+](C)Cc1ccccc1. The quantitative estimate of drug-likeness (QED) is 0.838. The van der Waals surface area contributed by atoms with E-state index in [0.29, 0.717) is 0 Å². The van der Waals surface area contributed by atoms with Gasteiger partial charge < -0.3 is 10.0 Å². The molecule has 2 rings (SSSR count). The van der Waals surface area contributed by atoms with Gasteiger partial charge in [-0.1, -0.05) is 60.7 Å². The monoisotopic (exact) mass is 256 g/mol. The van der Waals surface area contributed by atoms with Crippen LogP contribution in [0.5, 0.6) is 0 Å². The zero-order valence-electron chi connectivity index (χ0n) is 11.6. The largest absolute Gasteiger partial charge is 0.382 e. The third kappa shape index (κ3) is 3.66. The predicted molar refractivity (Wildman–Crippen MR) is 77.9 cm³/mol. The molecule has 3 atom stereocenters. The maximum absolute atomic E-state index is 10.4. The molecule has 2 N–H and O–H groups in total. The van der Waals surface area contributed by atoms with Gasteiger partial charge in [0.2, 0.25) is 0 Å². The minimum atomic E-state index is -0.426. The van der Waals surface area contributed by atoms with E-state index in [0.717, 1.165) is 12.1 Å². The Morgan fingerprint density at radius 2 is 1.47 bits per heavy atom. The van der Waals surface area contributed by atoms with E-state index in [-0.39, 0.29) is 6.04 Å². The molecule has 0 fully saturated rings. The molecule has 0 bridgehead atoms. The summed E-state index contributed by atoms with van der Waals surface area (Å²) in [5.41, 5.74) is 2.29. The van der Waals surface area contributed by atoms with E-state index in [4.69, 9.17) is 0 Å². The number of quaternary nitrogens is 1. The van der Waals surface area contributed by atoms with Crippen LogP contribution < -0.4 is 4.90 Å². The zero-order valence-corrected chi connectivity index (χ0v) is 11.6. The minimum Gasteiger partial charge on any atom is -0.382 e. The lowest BCUT2D eigenvalue weighted by Crippen LogP contribution is -3.11. The number of hydrogen-bond donors (Lipinski definition) is 2. The van der Waals surface area contributed by atoms with E-state index in [9.17, 15) is 5.11 Å². The van der Waals surface area contributed by atoms with Crippen molar-refractivity contribution in [2.24, 2.45) is 0 Å². The predicted octanol–water partition coefficient (Wildman–Crippen LogP) is 1.82. The van der Waals surface area contributed by atoms with E-state index < -0.39 is 6.10 Å². The summed E-state index contributed by atoms with van der Waals surface area (Å²) in [5, 5.41) is 10.4. The van der Waals surface area contributed by atoms with Crippen molar-refractivity contribution in [3.05, 3.63) is 71.8 Å². The summed E-state index contributed by atoms with van der Waals surface area (Å²) in [4.78, 5) is 1.31. The Hall–Kier alpha value is -1.64. The van der Waals surface area contributed by atoms with Crippen molar-refractivity contribution in [3.8, 4) is 0 Å². The van der Waals surface area contributed by atoms with Crippen molar-refractivity contribution < 1.29 is 10.0 Å². The number of benzene rings is 2. The van der Waals surface area contributed by atoms with E-state index in [1.165, 1.54) is 10.5 Å². The maximum atomic E-state index is 10.4. The van der Waals surface area contributed by atoms with Crippen LogP contribution in [0.15, 0.2) is 60.7 Å². The van der Waals surface area contributed by atoms with Crippen LogP contribution in [0.1, 0.15) is 24.2 Å². The molecule has 0 aliphatic carbocycles. The normalized spacial score (nSPS) is 15.7. The van der Waals surface area contributed by atoms with Crippen molar-refractivity contribution in [3.63, 3.8) is 0 Å². The molecule has 0 aliphatic rings. The summed E-state index contributed by atoms with van der Waals surface area (Å²) in [5.74, 6) is 0. The summed E-state index contributed by atoms with van der Waals surface area (Å²) in [6.07, 6.45) is -0.426. The number of likely N-dealkylation sites (N-methyl/N-ethyl adjacent to an activating group) is 1. The van der Waals surface area contributed by atoms with Gasteiger partial charge in [0.1, 0.15) is 18.7 Å². The van der Waals surface area contributed by atoms with Crippen molar-refractivity contribution in [1.82, 2.24) is 0 Å². The van der Waals surface area contributed by atoms with Crippen LogP contribution in [0, 0.1) is 0 Å². The van der Waals surface area contributed by atoms with E-state index in [2.05, 4.69) is 38.2 Å². The van der Waals surface area contributed by atoms with Gasteiger partial charge in [-0.25, -0.2) is 0 Å². The number of aliphatic hydroxyl groups is 1. The van der Waals surface area contributed by atoms with Gasteiger partial charge in [0, 0.05) is 5.56 Å². The Kier molecular flexibility index (Phi) is 4.72. The van der Waals surface area contributed by atoms with E-state index in [1.807, 2.05) is 36.4 Å². The second kappa shape index (κ2) is 6.50. The van der Waals surface area contributed by atoms with Gasteiger partial charge >= 0.3 is 0 Å². The van der Waals surface area contributed by atoms with Crippen LogP contribution in [0.3, 0.4) is 0 Å². The van der Waals surface area contributed by atoms with Crippen LogP contribution in [0.4, 0.5) is 0 Å². The van der Waals surface area contributed by atoms with Gasteiger partial charge in [-0.3, -0.25) is 0 Å². The van der Waals surface area contributed by atoms with E-state index >= 15 is 0 Å². The number of aliphatic hydroxyl groups excluding tert-OH is 1. The lowest BCUT2D eigenvalue weighted by molar-refractivity contribution is -0.922. The number of hydrogen-bond acceptors (Lipinski definition) is 1. The molecule has 2 nitrogen and oxygen atoms in total. The molecule has 0 saturated heterocycles. The van der Waals surface area contributed by atoms with Crippen molar-refractivity contribution in [2.75, 3.05) is 7.05 Å². The molecule has 100 valence electrons. The molecular formula is C17H22NO+. The van der Waals surface area contributed by atoms with Crippen molar-refractivity contribution in [2.45, 2.75) is 25.6 Å². The molecule has 0 radical (unpaired) electrons. The molecular weight excluding hydrogens is 234 g/mol. The highest BCUT2D eigenvalue weighted by Crippen LogP contribution is 2.14. The fourth-order valence-corrected chi connectivity index (χ4v) is 2.29. The molecule has 0 aliphatic heterocycles. The van der Waals surface area contributed by atoms with Gasteiger partial charge in [-0.2, -0.15) is 0 Å². The zero-order chi connectivity index (χ0) is 13.7. The summed E-state index contributed by atoms with van der Waals surface area (Å²) < 4.78 is 0. The van der Waals surface area contributed by atoms with Gasteiger partial charge in [0.25, 0.3) is 0 Å². The standard InChI is InChI=1S/C17H21NO/c1-14(17(19)16-11-7-4-8-12-16)18(2)13-15-9-5-3-6-10-15/h3-12,14,17,19H,13H2,1-2H3/p+1/t14-,17-/m0/s1. The molecule has 0 amide bonds. The summed E-state index contributed by atoms with van der Waals surface area (Å²) in [6, 6.07) is 20.4. The Bertz CT molecular complexity index is 483. The molecule has 0 aromatic heterocycles. The highest BCUT2D eigenvalue weighted by atomic mass is 16.3. The number of rotatable bonds is 5. The highest BCUT2D eigenvalue weighted by molar-refractivity contribution is 5.18. The molecule has 0 heterocycles. The Morgan fingerprint density at radius 3 is 2.05 bits per heavy atom.